The molecule has 0 aliphatic carbocycles. The molecule has 0 aliphatic heterocycles. The third kappa shape index (κ3) is 1.10. The van der Waals surface area contributed by atoms with E-state index in [1.165, 1.54) is 0 Å². The molecule has 0 saturated carbocycles. The van der Waals surface area contributed by atoms with Crippen LogP contribution < -0.4 is 0 Å². The minimum Gasteiger partial charge on any atom is -0.308 e. The van der Waals surface area contributed by atoms with E-state index in [4.69, 9.17) is 0 Å². The fourth-order valence-electron chi connectivity index (χ4n) is 0.943. The minimum atomic E-state index is 0.958. The van der Waals surface area contributed by atoms with Crippen LogP contribution in [0.2, 0.25) is 0 Å². The van der Waals surface area contributed by atoms with Crippen molar-refractivity contribution in [2.24, 2.45) is 0 Å². The Kier molecular flexibility index (Phi) is 1.90. The molecule has 0 radical (unpaired) electrons. The van der Waals surface area contributed by atoms with Gasteiger partial charge in [0.05, 0.1) is 0 Å². The van der Waals surface area contributed by atoms with E-state index in [-0.39, 0.29) is 0 Å². The predicted octanol–water partition coefficient (Wildman–Crippen LogP) is 1.94. The molecule has 0 bridgehead atoms. The van der Waals surface area contributed by atoms with E-state index in [0.717, 1.165) is 17.9 Å². The molecule has 0 unspecified atom stereocenters. The molecule has 0 N–H and O–H groups in total. The highest BCUT2D eigenvalue weighted by Gasteiger charge is 1.97. The smallest absolute Gasteiger partial charge is 0.112 e. The van der Waals surface area contributed by atoms with Crippen LogP contribution in [0.3, 0.4) is 0 Å². The predicted molar refractivity (Wildman–Crippen MR) is 42.6 cm³/mol. The molecule has 2 nitrogen and oxygen atoms in total. The van der Waals surface area contributed by atoms with Gasteiger partial charge in [0.25, 0.3) is 0 Å². The van der Waals surface area contributed by atoms with Crippen molar-refractivity contribution in [3.63, 3.8) is 0 Å². The van der Waals surface area contributed by atoms with Crippen molar-refractivity contribution in [1.82, 2.24) is 9.55 Å². The van der Waals surface area contributed by atoms with E-state index in [0.29, 0.717) is 0 Å². The maximum Gasteiger partial charge on any atom is 0.112 e. The van der Waals surface area contributed by atoms with Crippen LogP contribution in [0, 0.1) is 0 Å². The summed E-state index contributed by atoms with van der Waals surface area (Å²) in [5.74, 6) is 1.08. The van der Waals surface area contributed by atoms with Gasteiger partial charge in [0.15, 0.2) is 0 Å². The standard InChI is InChI=1S/C8H12N2/c1-4-8-9-5-6-10(8)7(2)3/h5-6H,2,4H2,1,3H3. The molecule has 0 amide bonds. The fourth-order valence-corrected chi connectivity index (χ4v) is 0.943. The van der Waals surface area contributed by atoms with E-state index in [1.54, 1.807) is 6.20 Å². The lowest BCUT2D eigenvalue weighted by molar-refractivity contribution is 0.902. The molecule has 0 saturated heterocycles. The van der Waals surface area contributed by atoms with Crippen LogP contribution in [0.25, 0.3) is 5.70 Å². The van der Waals surface area contributed by atoms with Crippen LogP contribution in [0.4, 0.5) is 0 Å². The average Bonchev–Trinajstić information content (AvgIpc) is 2.33. The summed E-state index contributed by atoms with van der Waals surface area (Å²) in [4.78, 5) is 4.16. The van der Waals surface area contributed by atoms with Crippen molar-refractivity contribution in [2.45, 2.75) is 20.3 Å². The molecule has 2 heteroatoms. The number of imidazole rings is 1. The van der Waals surface area contributed by atoms with Crippen molar-refractivity contribution >= 4 is 5.70 Å². The fraction of sp³-hybridized carbons (Fsp3) is 0.375. The van der Waals surface area contributed by atoms with Gasteiger partial charge in [-0.25, -0.2) is 4.98 Å². The van der Waals surface area contributed by atoms with E-state index in [1.807, 2.05) is 17.7 Å². The number of aromatic nitrogens is 2. The summed E-state index contributed by atoms with van der Waals surface area (Å²) < 4.78 is 2.00. The number of hydrogen-bond acceptors (Lipinski definition) is 1. The summed E-state index contributed by atoms with van der Waals surface area (Å²) in [6.45, 7) is 7.89. The van der Waals surface area contributed by atoms with Gasteiger partial charge in [0.1, 0.15) is 5.82 Å². The van der Waals surface area contributed by atoms with Crippen LogP contribution in [0.5, 0.6) is 0 Å². The van der Waals surface area contributed by atoms with E-state index in [2.05, 4.69) is 18.5 Å². The minimum absolute atomic E-state index is 0.958. The number of rotatable bonds is 2. The zero-order valence-electron chi connectivity index (χ0n) is 6.46. The number of allylic oxidation sites excluding steroid dienone is 1. The third-order valence-electron chi connectivity index (χ3n) is 1.44. The van der Waals surface area contributed by atoms with Gasteiger partial charge in [0, 0.05) is 24.5 Å². The highest BCUT2D eigenvalue weighted by atomic mass is 15.1. The Morgan fingerprint density at radius 2 is 2.50 bits per heavy atom. The summed E-state index contributed by atoms with van der Waals surface area (Å²) in [6, 6.07) is 0. The summed E-state index contributed by atoms with van der Waals surface area (Å²) in [7, 11) is 0. The molecular weight excluding hydrogens is 124 g/mol. The van der Waals surface area contributed by atoms with Crippen LogP contribution in [0.1, 0.15) is 19.7 Å². The van der Waals surface area contributed by atoms with Gasteiger partial charge >= 0.3 is 0 Å². The lowest BCUT2D eigenvalue weighted by Crippen LogP contribution is -1.96. The topological polar surface area (TPSA) is 17.8 Å². The van der Waals surface area contributed by atoms with Crippen LogP contribution in [-0.4, -0.2) is 9.55 Å². The molecule has 1 rings (SSSR count). The van der Waals surface area contributed by atoms with Crippen molar-refractivity contribution in [1.29, 1.82) is 0 Å². The molecular formula is C8H12N2. The molecule has 1 aromatic heterocycles. The van der Waals surface area contributed by atoms with Gasteiger partial charge in [-0.1, -0.05) is 13.5 Å². The van der Waals surface area contributed by atoms with Crippen molar-refractivity contribution in [3.05, 3.63) is 24.8 Å². The third-order valence-corrected chi connectivity index (χ3v) is 1.44. The Hall–Kier alpha value is -1.05. The van der Waals surface area contributed by atoms with Crippen molar-refractivity contribution in [3.8, 4) is 0 Å². The molecule has 0 fully saturated rings. The largest absolute Gasteiger partial charge is 0.308 e. The quantitative estimate of drug-likeness (QED) is 0.607. The lowest BCUT2D eigenvalue weighted by Gasteiger charge is -2.02. The second-order valence-electron chi connectivity index (χ2n) is 2.30. The average molecular weight is 136 g/mol. The molecule has 10 heavy (non-hydrogen) atoms. The van der Waals surface area contributed by atoms with Gasteiger partial charge < -0.3 is 4.57 Å². The molecule has 1 aromatic rings. The van der Waals surface area contributed by atoms with Gasteiger partial charge in [0.2, 0.25) is 0 Å². The summed E-state index contributed by atoms with van der Waals surface area (Å²) >= 11 is 0. The first-order valence-corrected chi connectivity index (χ1v) is 3.43. The highest BCUT2D eigenvalue weighted by Crippen LogP contribution is 2.04. The number of hydrogen-bond donors (Lipinski definition) is 0. The van der Waals surface area contributed by atoms with Gasteiger partial charge in [-0.15, -0.1) is 0 Å². The maximum atomic E-state index is 4.16. The Morgan fingerprint density at radius 3 is 2.90 bits per heavy atom. The number of nitrogens with zero attached hydrogens (tertiary/aromatic N) is 2. The normalized spacial score (nSPS) is 9.80. The summed E-state index contributed by atoms with van der Waals surface area (Å²) in [6.07, 6.45) is 4.69. The second-order valence-corrected chi connectivity index (χ2v) is 2.30. The zero-order valence-corrected chi connectivity index (χ0v) is 6.46. The first-order valence-electron chi connectivity index (χ1n) is 3.43. The molecule has 0 atom stereocenters. The highest BCUT2D eigenvalue weighted by molar-refractivity contribution is 5.38. The lowest BCUT2D eigenvalue weighted by atomic mass is 10.4. The maximum absolute atomic E-state index is 4.16. The Balaban J connectivity index is 3.01. The Morgan fingerprint density at radius 1 is 1.80 bits per heavy atom. The molecule has 0 aromatic carbocycles. The van der Waals surface area contributed by atoms with Crippen LogP contribution in [-0.2, 0) is 6.42 Å². The summed E-state index contributed by atoms with van der Waals surface area (Å²) in [5, 5.41) is 0. The first-order chi connectivity index (χ1) is 4.75. The molecule has 0 spiro atoms. The van der Waals surface area contributed by atoms with Crippen molar-refractivity contribution in [2.75, 3.05) is 0 Å². The Labute approximate surface area is 61.2 Å². The summed E-state index contributed by atoms with van der Waals surface area (Å²) in [5.41, 5.74) is 1.02. The molecule has 1 heterocycles. The van der Waals surface area contributed by atoms with Gasteiger partial charge in [-0.05, 0) is 6.92 Å². The second kappa shape index (κ2) is 2.69. The monoisotopic (exact) mass is 136 g/mol. The van der Waals surface area contributed by atoms with E-state index < -0.39 is 0 Å². The SMILES string of the molecule is C=C(C)n1ccnc1CC. The van der Waals surface area contributed by atoms with E-state index >= 15 is 0 Å². The van der Waals surface area contributed by atoms with Gasteiger partial charge in [-0.2, -0.15) is 0 Å². The number of aryl methyl sites for hydroxylation is 1. The van der Waals surface area contributed by atoms with E-state index in [9.17, 15) is 0 Å². The molecule has 0 aliphatic rings. The van der Waals surface area contributed by atoms with Crippen LogP contribution >= 0.6 is 0 Å². The van der Waals surface area contributed by atoms with Gasteiger partial charge in [-0.3, -0.25) is 0 Å². The molecule has 54 valence electrons. The Bertz CT molecular complexity index is 235. The first kappa shape index (κ1) is 7.06. The van der Waals surface area contributed by atoms with Crippen molar-refractivity contribution < 1.29 is 0 Å². The van der Waals surface area contributed by atoms with Crippen LogP contribution in [0.15, 0.2) is 19.0 Å². The zero-order chi connectivity index (χ0) is 7.56.